The van der Waals surface area contributed by atoms with Gasteiger partial charge in [0, 0.05) is 33.0 Å². The predicted octanol–water partition coefficient (Wildman–Crippen LogP) is 4.35. The molecule has 2 aromatic heterocycles. The van der Waals surface area contributed by atoms with Crippen LogP contribution in [0.25, 0.3) is 16.6 Å². The monoisotopic (exact) mass is 439 g/mol. The fraction of sp³-hybridized carbons (Fsp3) is 0.0952. The van der Waals surface area contributed by atoms with Crippen LogP contribution in [0.15, 0.2) is 55.0 Å². The number of hydrogen-bond donors (Lipinski definition) is 1. The Morgan fingerprint density at radius 2 is 1.80 bits per heavy atom. The Hall–Kier alpha value is -3.29. The van der Waals surface area contributed by atoms with E-state index in [0.717, 1.165) is 22.3 Å². The van der Waals surface area contributed by atoms with Crippen LogP contribution in [-0.2, 0) is 0 Å². The van der Waals surface area contributed by atoms with Crippen molar-refractivity contribution >= 4 is 51.5 Å². The number of fused-ring (bicyclic) bond motifs is 2. The molecule has 0 spiro atoms. The molecular formula is C21H15Cl2N5O2. The van der Waals surface area contributed by atoms with Gasteiger partial charge in [-0.3, -0.25) is 4.79 Å². The Kier molecular flexibility index (Phi) is 4.49. The first kappa shape index (κ1) is 18.7. The van der Waals surface area contributed by atoms with E-state index in [-0.39, 0.29) is 23.2 Å². The standard InChI is InChI=1S/C21H15Cl2N5O2/c22-13-8-14(23)10-16(9-13)27-4-3-12-7-15(1-2-17(12)27)28-5-6-30-20-18(21(28)29)19(24)25-11-26-20/h1-4,7-11H,5-6H2,(H2,24,25,26). The number of amides is 1. The third-order valence-electron chi connectivity index (χ3n) is 4.97. The van der Waals surface area contributed by atoms with Gasteiger partial charge in [-0.1, -0.05) is 23.2 Å². The van der Waals surface area contributed by atoms with Crippen molar-refractivity contribution < 1.29 is 9.53 Å². The van der Waals surface area contributed by atoms with Gasteiger partial charge in [0.15, 0.2) is 0 Å². The summed E-state index contributed by atoms with van der Waals surface area (Å²) in [4.78, 5) is 22.7. The molecule has 150 valence electrons. The number of ether oxygens (including phenoxy) is 1. The first-order valence-electron chi connectivity index (χ1n) is 9.14. The Bertz CT molecular complexity index is 1280. The minimum absolute atomic E-state index is 0.0990. The summed E-state index contributed by atoms with van der Waals surface area (Å²) in [5.74, 6) is 0.0167. The molecule has 0 fully saturated rings. The van der Waals surface area contributed by atoms with Gasteiger partial charge in [0.2, 0.25) is 5.88 Å². The number of halogens is 2. The summed E-state index contributed by atoms with van der Waals surface area (Å²) in [5.41, 5.74) is 8.65. The van der Waals surface area contributed by atoms with E-state index in [0.29, 0.717) is 23.2 Å². The average molecular weight is 440 g/mol. The lowest BCUT2D eigenvalue weighted by molar-refractivity contribution is 0.0990. The lowest BCUT2D eigenvalue weighted by atomic mass is 10.2. The molecule has 0 aliphatic carbocycles. The van der Waals surface area contributed by atoms with Gasteiger partial charge in [-0.15, -0.1) is 0 Å². The Morgan fingerprint density at radius 3 is 2.60 bits per heavy atom. The highest BCUT2D eigenvalue weighted by atomic mass is 35.5. The van der Waals surface area contributed by atoms with Crippen LogP contribution in [0.3, 0.4) is 0 Å². The van der Waals surface area contributed by atoms with Crippen molar-refractivity contribution in [3.63, 3.8) is 0 Å². The molecule has 0 saturated heterocycles. The summed E-state index contributed by atoms with van der Waals surface area (Å²) in [6, 6.07) is 13.1. The summed E-state index contributed by atoms with van der Waals surface area (Å²) >= 11 is 12.3. The van der Waals surface area contributed by atoms with Crippen molar-refractivity contribution in [1.82, 2.24) is 14.5 Å². The summed E-state index contributed by atoms with van der Waals surface area (Å²) in [5, 5.41) is 2.08. The SMILES string of the molecule is Nc1ncnc2c1C(=O)N(c1ccc3c(ccn3-c3cc(Cl)cc(Cl)c3)c1)CCO2. The van der Waals surface area contributed by atoms with E-state index in [9.17, 15) is 4.79 Å². The molecule has 9 heteroatoms. The van der Waals surface area contributed by atoms with Gasteiger partial charge in [0.1, 0.15) is 24.3 Å². The molecule has 4 aromatic rings. The molecule has 1 amide bonds. The summed E-state index contributed by atoms with van der Waals surface area (Å²) in [7, 11) is 0. The molecule has 1 aliphatic heterocycles. The van der Waals surface area contributed by atoms with Gasteiger partial charge >= 0.3 is 0 Å². The maximum atomic E-state index is 13.1. The molecule has 30 heavy (non-hydrogen) atoms. The minimum atomic E-state index is -0.291. The molecule has 0 bridgehead atoms. The van der Waals surface area contributed by atoms with Crippen LogP contribution >= 0.6 is 23.2 Å². The lowest BCUT2D eigenvalue weighted by Crippen LogP contribution is -2.32. The van der Waals surface area contributed by atoms with E-state index in [1.54, 1.807) is 11.0 Å². The highest BCUT2D eigenvalue weighted by Gasteiger charge is 2.28. The van der Waals surface area contributed by atoms with E-state index < -0.39 is 0 Å². The third kappa shape index (κ3) is 3.12. The summed E-state index contributed by atoms with van der Waals surface area (Å²) < 4.78 is 7.59. The highest BCUT2D eigenvalue weighted by molar-refractivity contribution is 6.34. The first-order valence-corrected chi connectivity index (χ1v) is 9.89. The first-order chi connectivity index (χ1) is 14.5. The normalized spacial score (nSPS) is 13.8. The smallest absolute Gasteiger partial charge is 0.267 e. The average Bonchev–Trinajstić information content (AvgIpc) is 3.05. The molecule has 1 aliphatic rings. The van der Waals surface area contributed by atoms with Gasteiger partial charge < -0.3 is 19.9 Å². The molecule has 0 unspecified atom stereocenters. The van der Waals surface area contributed by atoms with Crippen molar-refractivity contribution in [1.29, 1.82) is 0 Å². The predicted molar refractivity (Wildman–Crippen MR) is 117 cm³/mol. The third-order valence-corrected chi connectivity index (χ3v) is 5.40. The van der Waals surface area contributed by atoms with E-state index in [2.05, 4.69) is 9.97 Å². The fourth-order valence-electron chi connectivity index (χ4n) is 3.61. The molecule has 0 atom stereocenters. The maximum absolute atomic E-state index is 13.1. The Labute approximate surface area is 181 Å². The number of rotatable bonds is 2. The molecular weight excluding hydrogens is 425 g/mol. The van der Waals surface area contributed by atoms with E-state index in [1.807, 2.05) is 47.2 Å². The summed E-state index contributed by atoms with van der Waals surface area (Å²) in [6.07, 6.45) is 3.22. The minimum Gasteiger partial charge on any atom is -0.475 e. The zero-order valence-electron chi connectivity index (χ0n) is 15.5. The molecule has 0 saturated carbocycles. The molecule has 0 radical (unpaired) electrons. The molecule has 2 N–H and O–H groups in total. The van der Waals surface area contributed by atoms with Gasteiger partial charge in [0.05, 0.1) is 12.1 Å². The zero-order chi connectivity index (χ0) is 20.8. The lowest BCUT2D eigenvalue weighted by Gasteiger charge is -2.20. The number of nitrogen functional groups attached to an aromatic ring is 1. The van der Waals surface area contributed by atoms with Crippen LogP contribution < -0.4 is 15.4 Å². The second-order valence-electron chi connectivity index (χ2n) is 6.80. The number of hydrogen-bond acceptors (Lipinski definition) is 5. The van der Waals surface area contributed by atoms with E-state index in [4.69, 9.17) is 33.7 Å². The molecule has 5 rings (SSSR count). The number of carbonyl (C=O) groups is 1. The van der Waals surface area contributed by atoms with Crippen LogP contribution in [0.1, 0.15) is 10.4 Å². The maximum Gasteiger partial charge on any atom is 0.267 e. The van der Waals surface area contributed by atoms with Crippen molar-refractivity contribution in [2.24, 2.45) is 0 Å². The number of aromatic nitrogens is 3. The number of nitrogens with two attached hydrogens (primary N) is 1. The second kappa shape index (κ2) is 7.19. The number of anilines is 2. The number of nitrogens with zero attached hydrogens (tertiary/aromatic N) is 4. The van der Waals surface area contributed by atoms with Crippen molar-refractivity contribution in [2.75, 3.05) is 23.8 Å². The molecule has 3 heterocycles. The second-order valence-corrected chi connectivity index (χ2v) is 7.67. The number of carbonyl (C=O) groups excluding carboxylic acids is 1. The van der Waals surface area contributed by atoms with Gasteiger partial charge in [-0.2, -0.15) is 0 Å². The van der Waals surface area contributed by atoms with Crippen LogP contribution in [0.5, 0.6) is 5.88 Å². The van der Waals surface area contributed by atoms with Gasteiger partial charge in [-0.25, -0.2) is 9.97 Å². The number of benzene rings is 2. The van der Waals surface area contributed by atoms with Gasteiger partial charge in [0.25, 0.3) is 5.91 Å². The largest absolute Gasteiger partial charge is 0.475 e. The summed E-state index contributed by atoms with van der Waals surface area (Å²) in [6.45, 7) is 0.667. The fourth-order valence-corrected chi connectivity index (χ4v) is 4.12. The van der Waals surface area contributed by atoms with E-state index >= 15 is 0 Å². The van der Waals surface area contributed by atoms with Crippen LogP contribution in [0, 0.1) is 0 Å². The van der Waals surface area contributed by atoms with Crippen LogP contribution in [0.2, 0.25) is 10.0 Å². The topological polar surface area (TPSA) is 86.3 Å². The Balaban J connectivity index is 1.56. The molecule has 2 aromatic carbocycles. The molecule has 7 nitrogen and oxygen atoms in total. The van der Waals surface area contributed by atoms with Crippen LogP contribution in [-0.4, -0.2) is 33.6 Å². The Morgan fingerprint density at radius 1 is 1.00 bits per heavy atom. The van der Waals surface area contributed by atoms with Crippen LogP contribution in [0.4, 0.5) is 11.5 Å². The zero-order valence-corrected chi connectivity index (χ0v) is 17.1. The van der Waals surface area contributed by atoms with Crippen molar-refractivity contribution in [2.45, 2.75) is 0 Å². The van der Waals surface area contributed by atoms with Gasteiger partial charge in [-0.05, 0) is 42.5 Å². The van der Waals surface area contributed by atoms with Crippen molar-refractivity contribution in [3.05, 3.63) is 70.6 Å². The van der Waals surface area contributed by atoms with Crippen molar-refractivity contribution in [3.8, 4) is 11.6 Å². The quantitative estimate of drug-likeness (QED) is 0.501. The highest BCUT2D eigenvalue weighted by Crippen LogP contribution is 2.31. The van der Waals surface area contributed by atoms with E-state index in [1.165, 1.54) is 6.33 Å².